The summed E-state index contributed by atoms with van der Waals surface area (Å²) in [7, 11) is 0. The van der Waals surface area contributed by atoms with Gasteiger partial charge in [-0.25, -0.2) is 0 Å². The highest BCUT2D eigenvalue weighted by atomic mass is 35.5. The fraction of sp³-hybridized carbons (Fsp3) is 0.818. The molecule has 0 atom stereocenters. The second-order valence-corrected chi connectivity index (χ2v) is 4.10. The van der Waals surface area contributed by atoms with E-state index in [-0.39, 0.29) is 0 Å². The molecule has 0 aromatic heterocycles. The standard InChI is InChI=1S/C11H20ClN/c12-8-4-5-9-13-10-11-6-2-1-3-7-11/h4-5,11,13H,1-3,6-10H2/b5-4+. The van der Waals surface area contributed by atoms with Crippen molar-refractivity contribution in [2.45, 2.75) is 32.1 Å². The lowest BCUT2D eigenvalue weighted by molar-refractivity contribution is 0.346. The van der Waals surface area contributed by atoms with Crippen LogP contribution in [-0.2, 0) is 0 Å². The number of halogens is 1. The Kier molecular flexibility index (Phi) is 6.30. The molecule has 0 saturated heterocycles. The largest absolute Gasteiger partial charge is 0.313 e. The van der Waals surface area contributed by atoms with Crippen molar-refractivity contribution < 1.29 is 0 Å². The molecule has 0 aromatic carbocycles. The molecule has 0 unspecified atom stereocenters. The van der Waals surface area contributed by atoms with E-state index >= 15 is 0 Å². The molecule has 2 heteroatoms. The zero-order valence-corrected chi connectivity index (χ0v) is 9.02. The molecule has 1 N–H and O–H groups in total. The summed E-state index contributed by atoms with van der Waals surface area (Å²) in [4.78, 5) is 0. The van der Waals surface area contributed by atoms with Crippen molar-refractivity contribution in [2.24, 2.45) is 5.92 Å². The molecule has 0 bridgehead atoms. The average molecular weight is 202 g/mol. The van der Waals surface area contributed by atoms with Gasteiger partial charge >= 0.3 is 0 Å². The van der Waals surface area contributed by atoms with Crippen molar-refractivity contribution in [3.8, 4) is 0 Å². The zero-order valence-electron chi connectivity index (χ0n) is 8.27. The van der Waals surface area contributed by atoms with E-state index in [4.69, 9.17) is 11.6 Å². The molecule has 1 rings (SSSR count). The smallest absolute Gasteiger partial charge is 0.0404 e. The third kappa shape index (κ3) is 5.33. The highest BCUT2D eigenvalue weighted by molar-refractivity contribution is 6.18. The first-order valence-electron chi connectivity index (χ1n) is 5.35. The third-order valence-corrected chi connectivity index (χ3v) is 2.85. The van der Waals surface area contributed by atoms with Gasteiger partial charge in [0.05, 0.1) is 0 Å². The fourth-order valence-electron chi connectivity index (χ4n) is 1.91. The van der Waals surface area contributed by atoms with Gasteiger partial charge in [-0.2, -0.15) is 0 Å². The topological polar surface area (TPSA) is 12.0 Å². The Hall–Kier alpha value is -0.0100. The quantitative estimate of drug-likeness (QED) is 0.410. The molecule has 0 amide bonds. The van der Waals surface area contributed by atoms with Crippen LogP contribution in [0.2, 0.25) is 0 Å². The predicted octanol–water partition coefficient (Wildman–Crippen LogP) is 2.95. The molecule has 1 aliphatic rings. The van der Waals surface area contributed by atoms with Gasteiger partial charge < -0.3 is 5.32 Å². The number of nitrogens with one attached hydrogen (secondary N) is 1. The summed E-state index contributed by atoms with van der Waals surface area (Å²) in [5.41, 5.74) is 0. The van der Waals surface area contributed by atoms with E-state index in [2.05, 4.69) is 11.4 Å². The zero-order chi connectivity index (χ0) is 9.36. The SMILES string of the molecule is ClC/C=C/CNCC1CCCCC1. The first-order valence-corrected chi connectivity index (χ1v) is 5.88. The van der Waals surface area contributed by atoms with Crippen LogP contribution in [0.1, 0.15) is 32.1 Å². The maximum atomic E-state index is 5.51. The van der Waals surface area contributed by atoms with Crippen molar-refractivity contribution in [1.82, 2.24) is 5.32 Å². The van der Waals surface area contributed by atoms with E-state index in [0.29, 0.717) is 5.88 Å². The van der Waals surface area contributed by atoms with Crippen molar-refractivity contribution in [3.05, 3.63) is 12.2 Å². The van der Waals surface area contributed by atoms with E-state index in [1.54, 1.807) is 0 Å². The molecule has 1 aliphatic carbocycles. The minimum atomic E-state index is 0.630. The van der Waals surface area contributed by atoms with Gasteiger partial charge in [0.15, 0.2) is 0 Å². The molecule has 0 radical (unpaired) electrons. The minimum absolute atomic E-state index is 0.630. The lowest BCUT2D eigenvalue weighted by Crippen LogP contribution is -2.24. The highest BCUT2D eigenvalue weighted by Gasteiger charge is 2.11. The summed E-state index contributed by atoms with van der Waals surface area (Å²) in [5.74, 6) is 1.56. The van der Waals surface area contributed by atoms with Crippen LogP contribution in [0.5, 0.6) is 0 Å². The van der Waals surface area contributed by atoms with Gasteiger partial charge in [-0.15, -0.1) is 11.6 Å². The van der Waals surface area contributed by atoms with Crippen LogP contribution >= 0.6 is 11.6 Å². The Morgan fingerprint density at radius 1 is 1.15 bits per heavy atom. The number of rotatable bonds is 5. The van der Waals surface area contributed by atoms with Crippen molar-refractivity contribution in [1.29, 1.82) is 0 Å². The Bertz CT molecular complexity index is 139. The maximum Gasteiger partial charge on any atom is 0.0404 e. The Morgan fingerprint density at radius 2 is 1.92 bits per heavy atom. The summed E-state index contributed by atoms with van der Waals surface area (Å²) in [5, 5.41) is 3.44. The predicted molar refractivity (Wildman–Crippen MR) is 59.3 cm³/mol. The van der Waals surface area contributed by atoms with Crippen molar-refractivity contribution >= 4 is 11.6 Å². The molecule has 0 aromatic rings. The van der Waals surface area contributed by atoms with Crippen LogP contribution in [0.25, 0.3) is 0 Å². The van der Waals surface area contributed by atoms with Gasteiger partial charge in [0.1, 0.15) is 0 Å². The van der Waals surface area contributed by atoms with Gasteiger partial charge in [-0.1, -0.05) is 31.4 Å². The van der Waals surface area contributed by atoms with E-state index in [0.717, 1.165) is 12.5 Å². The summed E-state index contributed by atoms with van der Waals surface area (Å²) in [6.45, 7) is 2.16. The van der Waals surface area contributed by atoms with Crippen LogP contribution in [0.4, 0.5) is 0 Å². The first-order chi connectivity index (χ1) is 6.43. The molecular formula is C11H20ClN. The molecule has 1 nitrogen and oxygen atoms in total. The average Bonchev–Trinajstić information content (AvgIpc) is 2.19. The number of allylic oxidation sites excluding steroid dienone is 1. The molecule has 0 heterocycles. The molecule has 1 fully saturated rings. The fourth-order valence-corrected chi connectivity index (χ4v) is 2.03. The lowest BCUT2D eigenvalue weighted by Gasteiger charge is -2.21. The third-order valence-electron chi connectivity index (χ3n) is 2.68. The molecular weight excluding hydrogens is 182 g/mol. The van der Waals surface area contributed by atoms with Gasteiger partial charge in [0.25, 0.3) is 0 Å². The summed E-state index contributed by atoms with van der Waals surface area (Å²) >= 11 is 5.51. The van der Waals surface area contributed by atoms with Crippen LogP contribution in [0.15, 0.2) is 12.2 Å². The second-order valence-electron chi connectivity index (χ2n) is 3.79. The van der Waals surface area contributed by atoms with Gasteiger partial charge in [-0.05, 0) is 25.3 Å². The molecule has 0 spiro atoms. The van der Waals surface area contributed by atoms with Crippen LogP contribution in [0, 0.1) is 5.92 Å². The molecule has 13 heavy (non-hydrogen) atoms. The Balaban J connectivity index is 1.95. The van der Waals surface area contributed by atoms with Gasteiger partial charge in [-0.3, -0.25) is 0 Å². The van der Waals surface area contributed by atoms with Crippen LogP contribution < -0.4 is 5.32 Å². The van der Waals surface area contributed by atoms with Crippen molar-refractivity contribution in [3.63, 3.8) is 0 Å². The van der Waals surface area contributed by atoms with E-state index in [1.807, 2.05) is 6.08 Å². The van der Waals surface area contributed by atoms with Crippen LogP contribution in [-0.4, -0.2) is 19.0 Å². The summed E-state index contributed by atoms with van der Waals surface area (Å²) < 4.78 is 0. The molecule has 0 aliphatic heterocycles. The van der Waals surface area contributed by atoms with E-state index < -0.39 is 0 Å². The maximum absolute atomic E-state index is 5.51. The van der Waals surface area contributed by atoms with E-state index in [1.165, 1.54) is 38.6 Å². The van der Waals surface area contributed by atoms with E-state index in [9.17, 15) is 0 Å². The minimum Gasteiger partial charge on any atom is -0.313 e. The Labute approximate surface area is 86.5 Å². The first kappa shape index (κ1) is 11.1. The van der Waals surface area contributed by atoms with Gasteiger partial charge in [0, 0.05) is 12.4 Å². The molecule has 76 valence electrons. The summed E-state index contributed by atoms with van der Waals surface area (Å²) in [6.07, 6.45) is 11.3. The monoisotopic (exact) mass is 201 g/mol. The number of hydrogen-bond donors (Lipinski definition) is 1. The lowest BCUT2D eigenvalue weighted by atomic mass is 9.89. The number of alkyl halides is 1. The second kappa shape index (κ2) is 7.40. The molecule has 1 saturated carbocycles. The van der Waals surface area contributed by atoms with Crippen LogP contribution in [0.3, 0.4) is 0 Å². The highest BCUT2D eigenvalue weighted by Crippen LogP contribution is 2.22. The normalized spacial score (nSPS) is 19.8. The Morgan fingerprint density at radius 3 is 2.62 bits per heavy atom. The van der Waals surface area contributed by atoms with Crippen molar-refractivity contribution in [2.75, 3.05) is 19.0 Å². The number of hydrogen-bond acceptors (Lipinski definition) is 1. The summed E-state index contributed by atoms with van der Waals surface area (Å²) in [6, 6.07) is 0. The van der Waals surface area contributed by atoms with Gasteiger partial charge in [0.2, 0.25) is 0 Å².